The molecule has 0 radical (unpaired) electrons. The zero-order valence-corrected chi connectivity index (χ0v) is 17.2. The van der Waals surface area contributed by atoms with Crippen molar-refractivity contribution in [3.05, 3.63) is 72.3 Å². The summed E-state index contributed by atoms with van der Waals surface area (Å²) in [6.07, 6.45) is 8.46. The van der Waals surface area contributed by atoms with Crippen molar-refractivity contribution in [3.8, 4) is 0 Å². The van der Waals surface area contributed by atoms with Crippen LogP contribution in [0.15, 0.2) is 66.3 Å². The number of hydrogen-bond donors (Lipinski definition) is 1. The molecule has 0 amide bonds. The van der Waals surface area contributed by atoms with Crippen LogP contribution < -0.4 is 5.73 Å². The van der Waals surface area contributed by atoms with Gasteiger partial charge in [-0.25, -0.2) is 15.0 Å². The van der Waals surface area contributed by atoms with Crippen molar-refractivity contribution in [3.63, 3.8) is 0 Å². The van der Waals surface area contributed by atoms with E-state index in [1.165, 1.54) is 11.1 Å². The Morgan fingerprint density at radius 1 is 1.07 bits per heavy atom. The molecule has 3 heterocycles. The molecule has 6 nitrogen and oxygen atoms in total. The van der Waals surface area contributed by atoms with Crippen LogP contribution in [0.3, 0.4) is 0 Å². The summed E-state index contributed by atoms with van der Waals surface area (Å²) in [5.74, 6) is 1.37. The molecular weight excluding hydrogens is 380 g/mol. The standard InChI is InChI=1S/C22H24N6S/c1-2-18(17-10-12-24-13-11-17)28-15-25-19-20(23)26-22(27-21(19)28)29-14-6-9-16-7-4-3-5-8-16/h3-5,7-8,10-13,15,18H,2,6,9,14H2,1H3,(H2,23,26,27). The van der Waals surface area contributed by atoms with Crippen LogP contribution in [0.5, 0.6) is 0 Å². The highest BCUT2D eigenvalue weighted by Gasteiger charge is 2.18. The first-order chi connectivity index (χ1) is 14.3. The normalized spacial score (nSPS) is 12.3. The quantitative estimate of drug-likeness (QED) is 0.264. The van der Waals surface area contributed by atoms with Gasteiger partial charge in [-0.2, -0.15) is 0 Å². The van der Waals surface area contributed by atoms with E-state index in [9.17, 15) is 0 Å². The van der Waals surface area contributed by atoms with Gasteiger partial charge in [-0.3, -0.25) is 4.98 Å². The molecule has 0 aliphatic carbocycles. The van der Waals surface area contributed by atoms with Gasteiger partial charge < -0.3 is 10.3 Å². The average molecular weight is 405 g/mol. The van der Waals surface area contributed by atoms with E-state index in [0.29, 0.717) is 16.5 Å². The number of pyridine rings is 1. The lowest BCUT2D eigenvalue weighted by Gasteiger charge is -2.17. The summed E-state index contributed by atoms with van der Waals surface area (Å²) in [6, 6.07) is 14.7. The molecule has 29 heavy (non-hydrogen) atoms. The molecule has 3 aromatic heterocycles. The molecule has 0 fully saturated rings. The highest BCUT2D eigenvalue weighted by Crippen LogP contribution is 2.28. The van der Waals surface area contributed by atoms with Crippen LogP contribution in [0.2, 0.25) is 0 Å². The summed E-state index contributed by atoms with van der Waals surface area (Å²) in [5, 5.41) is 0.703. The maximum Gasteiger partial charge on any atom is 0.191 e. The van der Waals surface area contributed by atoms with Gasteiger partial charge in [0.15, 0.2) is 16.6 Å². The van der Waals surface area contributed by atoms with E-state index in [2.05, 4.69) is 50.7 Å². The number of benzene rings is 1. The van der Waals surface area contributed by atoms with E-state index in [-0.39, 0.29) is 6.04 Å². The molecule has 7 heteroatoms. The van der Waals surface area contributed by atoms with Gasteiger partial charge in [-0.1, -0.05) is 49.0 Å². The summed E-state index contributed by atoms with van der Waals surface area (Å²) >= 11 is 1.64. The molecule has 0 spiro atoms. The summed E-state index contributed by atoms with van der Waals surface area (Å²) in [7, 11) is 0. The molecule has 148 valence electrons. The van der Waals surface area contributed by atoms with Gasteiger partial charge in [0, 0.05) is 18.1 Å². The number of imidazole rings is 1. The van der Waals surface area contributed by atoms with E-state index in [4.69, 9.17) is 10.7 Å². The fraction of sp³-hybridized carbons (Fsp3) is 0.273. The van der Waals surface area contributed by atoms with Crippen LogP contribution in [-0.4, -0.2) is 30.3 Å². The summed E-state index contributed by atoms with van der Waals surface area (Å²) in [6.45, 7) is 2.15. The van der Waals surface area contributed by atoms with E-state index in [1.54, 1.807) is 11.8 Å². The van der Waals surface area contributed by atoms with Crippen molar-refractivity contribution in [2.45, 2.75) is 37.4 Å². The second-order valence-electron chi connectivity index (χ2n) is 6.86. The Balaban J connectivity index is 1.53. The number of thioether (sulfide) groups is 1. The molecule has 0 bridgehead atoms. The average Bonchev–Trinajstić information content (AvgIpc) is 3.18. The molecule has 1 unspecified atom stereocenters. The predicted octanol–water partition coefficient (Wildman–Crippen LogP) is 4.53. The molecule has 2 N–H and O–H groups in total. The SMILES string of the molecule is CCC(c1ccncc1)n1cnc2c(N)nc(SCCCc3ccccc3)nc21. The third-order valence-corrected chi connectivity index (χ3v) is 5.86. The first-order valence-electron chi connectivity index (χ1n) is 9.83. The largest absolute Gasteiger partial charge is 0.382 e. The number of nitrogen functional groups attached to an aromatic ring is 1. The maximum absolute atomic E-state index is 6.20. The third-order valence-electron chi connectivity index (χ3n) is 4.93. The van der Waals surface area contributed by atoms with Crippen LogP contribution in [0.25, 0.3) is 11.2 Å². The number of nitrogens with two attached hydrogens (primary N) is 1. The molecule has 0 saturated heterocycles. The zero-order chi connectivity index (χ0) is 20.1. The topological polar surface area (TPSA) is 82.5 Å². The van der Waals surface area contributed by atoms with Crippen molar-refractivity contribution in [2.75, 3.05) is 11.5 Å². The van der Waals surface area contributed by atoms with Crippen LogP contribution in [0.4, 0.5) is 5.82 Å². The van der Waals surface area contributed by atoms with Gasteiger partial charge in [0.25, 0.3) is 0 Å². The van der Waals surface area contributed by atoms with Crippen LogP contribution in [0, 0.1) is 0 Å². The molecule has 0 aliphatic rings. The second-order valence-corrected chi connectivity index (χ2v) is 7.92. The van der Waals surface area contributed by atoms with E-state index in [1.807, 2.05) is 36.9 Å². The smallest absolute Gasteiger partial charge is 0.191 e. The van der Waals surface area contributed by atoms with Crippen LogP contribution in [0.1, 0.15) is 36.9 Å². The number of fused-ring (bicyclic) bond motifs is 1. The maximum atomic E-state index is 6.20. The van der Waals surface area contributed by atoms with Crippen LogP contribution >= 0.6 is 11.8 Å². The molecule has 1 aromatic carbocycles. The highest BCUT2D eigenvalue weighted by atomic mass is 32.2. The van der Waals surface area contributed by atoms with Gasteiger partial charge in [0.1, 0.15) is 5.52 Å². The first kappa shape index (κ1) is 19.4. The van der Waals surface area contributed by atoms with E-state index in [0.717, 1.165) is 30.7 Å². The van der Waals surface area contributed by atoms with Crippen molar-refractivity contribution in [1.82, 2.24) is 24.5 Å². The summed E-state index contributed by atoms with van der Waals surface area (Å²) < 4.78 is 2.09. The minimum atomic E-state index is 0.133. The second kappa shape index (κ2) is 9.05. The molecule has 4 aromatic rings. The number of aryl methyl sites for hydroxylation is 1. The summed E-state index contributed by atoms with van der Waals surface area (Å²) in [5.41, 5.74) is 10.2. The third kappa shape index (κ3) is 4.40. The van der Waals surface area contributed by atoms with Crippen molar-refractivity contribution >= 4 is 28.7 Å². The molecule has 4 rings (SSSR count). The Kier molecular flexibility index (Phi) is 6.05. The van der Waals surface area contributed by atoms with Crippen molar-refractivity contribution in [1.29, 1.82) is 0 Å². The Labute approximate surface area is 174 Å². The molecule has 0 saturated carbocycles. The number of nitrogens with zero attached hydrogens (tertiary/aromatic N) is 5. The van der Waals surface area contributed by atoms with E-state index >= 15 is 0 Å². The number of rotatable bonds is 8. The summed E-state index contributed by atoms with van der Waals surface area (Å²) in [4.78, 5) is 17.9. The Morgan fingerprint density at radius 3 is 2.62 bits per heavy atom. The van der Waals surface area contributed by atoms with Gasteiger partial charge in [0.2, 0.25) is 0 Å². The van der Waals surface area contributed by atoms with E-state index < -0.39 is 0 Å². The lowest BCUT2D eigenvalue weighted by atomic mass is 10.1. The van der Waals surface area contributed by atoms with Crippen LogP contribution in [-0.2, 0) is 6.42 Å². The van der Waals surface area contributed by atoms with Crippen molar-refractivity contribution in [2.24, 2.45) is 0 Å². The van der Waals surface area contributed by atoms with Gasteiger partial charge in [-0.15, -0.1) is 0 Å². The Morgan fingerprint density at radius 2 is 1.86 bits per heavy atom. The van der Waals surface area contributed by atoms with Crippen molar-refractivity contribution < 1.29 is 0 Å². The Bertz CT molecular complexity index is 1060. The predicted molar refractivity (Wildman–Crippen MR) is 118 cm³/mol. The molecule has 1 atom stereocenters. The van der Waals surface area contributed by atoms with Gasteiger partial charge in [0.05, 0.1) is 12.4 Å². The lowest BCUT2D eigenvalue weighted by molar-refractivity contribution is 0.575. The fourth-order valence-corrected chi connectivity index (χ4v) is 4.26. The zero-order valence-electron chi connectivity index (χ0n) is 16.4. The number of anilines is 1. The first-order valence-corrected chi connectivity index (χ1v) is 10.8. The highest BCUT2D eigenvalue weighted by molar-refractivity contribution is 7.99. The van der Waals surface area contributed by atoms with Gasteiger partial charge >= 0.3 is 0 Å². The molecular formula is C22H24N6S. The number of aromatic nitrogens is 5. The Hall–Kier alpha value is -2.93. The fourth-order valence-electron chi connectivity index (χ4n) is 3.47. The minimum absolute atomic E-state index is 0.133. The monoisotopic (exact) mass is 404 g/mol. The van der Waals surface area contributed by atoms with Gasteiger partial charge in [-0.05, 0) is 42.5 Å². The lowest BCUT2D eigenvalue weighted by Crippen LogP contribution is -2.10. The number of hydrogen-bond acceptors (Lipinski definition) is 6. The minimum Gasteiger partial charge on any atom is -0.382 e. The molecule has 0 aliphatic heterocycles.